The summed E-state index contributed by atoms with van der Waals surface area (Å²) in [5, 5.41) is 11.1. The number of anilines is 1. The second kappa shape index (κ2) is 8.34. The predicted molar refractivity (Wildman–Crippen MR) is 112 cm³/mol. The van der Waals surface area contributed by atoms with Gasteiger partial charge in [0, 0.05) is 5.02 Å². The zero-order valence-electron chi connectivity index (χ0n) is 15.9. The topological polar surface area (TPSA) is 104 Å². The predicted octanol–water partition coefficient (Wildman–Crippen LogP) is 2.34. The van der Waals surface area contributed by atoms with Crippen molar-refractivity contribution in [2.24, 2.45) is 0 Å². The number of nitrogens with one attached hydrogen (secondary N) is 1. The van der Waals surface area contributed by atoms with Gasteiger partial charge < -0.3 is 10.1 Å². The summed E-state index contributed by atoms with van der Waals surface area (Å²) >= 11 is 5.98. The van der Waals surface area contributed by atoms with E-state index < -0.39 is 11.5 Å². The lowest BCUT2D eigenvalue weighted by atomic mass is 10.2. The molecule has 0 saturated carbocycles. The van der Waals surface area contributed by atoms with Crippen LogP contribution >= 0.6 is 11.6 Å². The van der Waals surface area contributed by atoms with E-state index >= 15 is 0 Å². The molecule has 4 aromatic rings. The summed E-state index contributed by atoms with van der Waals surface area (Å²) in [6, 6.07) is 14.5. The maximum atomic E-state index is 12.7. The van der Waals surface area contributed by atoms with Crippen LogP contribution in [-0.4, -0.2) is 37.6 Å². The lowest BCUT2D eigenvalue weighted by Gasteiger charge is -2.11. The number of carbonyl (C=O) groups excluding carboxylic acids is 1. The van der Waals surface area contributed by atoms with E-state index in [1.165, 1.54) is 18.0 Å². The van der Waals surface area contributed by atoms with Gasteiger partial charge in [-0.2, -0.15) is 0 Å². The van der Waals surface area contributed by atoms with Crippen LogP contribution in [0.25, 0.3) is 11.2 Å². The van der Waals surface area contributed by atoms with Crippen molar-refractivity contribution >= 4 is 34.4 Å². The average Bonchev–Trinajstić information content (AvgIpc) is 3.14. The molecule has 2 aromatic carbocycles. The van der Waals surface area contributed by atoms with Crippen LogP contribution in [0.5, 0.6) is 5.75 Å². The quantitative estimate of drug-likeness (QED) is 0.509. The van der Waals surface area contributed by atoms with Crippen molar-refractivity contribution in [3.8, 4) is 5.75 Å². The van der Waals surface area contributed by atoms with E-state index in [1.54, 1.807) is 22.9 Å². The number of nitrogens with zero attached hydrogens (tertiary/aromatic N) is 5. The molecule has 0 aliphatic carbocycles. The minimum atomic E-state index is -0.451. The highest BCUT2D eigenvalue weighted by Crippen LogP contribution is 2.27. The highest BCUT2D eigenvalue weighted by Gasteiger charge is 2.15. The lowest BCUT2D eigenvalue weighted by molar-refractivity contribution is -0.116. The van der Waals surface area contributed by atoms with Crippen molar-refractivity contribution in [3.05, 3.63) is 75.8 Å². The zero-order chi connectivity index (χ0) is 21.1. The summed E-state index contributed by atoms with van der Waals surface area (Å²) in [4.78, 5) is 29.5. The largest absolute Gasteiger partial charge is 0.495 e. The Hall–Kier alpha value is -3.72. The first-order valence-corrected chi connectivity index (χ1v) is 9.39. The van der Waals surface area contributed by atoms with E-state index in [2.05, 4.69) is 20.6 Å². The minimum Gasteiger partial charge on any atom is -0.495 e. The first-order valence-electron chi connectivity index (χ1n) is 9.01. The van der Waals surface area contributed by atoms with E-state index in [9.17, 15) is 9.59 Å². The fourth-order valence-electron chi connectivity index (χ4n) is 2.98. The highest BCUT2D eigenvalue weighted by atomic mass is 35.5. The Labute approximate surface area is 175 Å². The van der Waals surface area contributed by atoms with Crippen LogP contribution < -0.4 is 15.6 Å². The fourth-order valence-corrected chi connectivity index (χ4v) is 3.16. The Kier molecular flexibility index (Phi) is 5.44. The molecule has 9 nitrogen and oxygen atoms in total. The van der Waals surface area contributed by atoms with Crippen molar-refractivity contribution < 1.29 is 9.53 Å². The van der Waals surface area contributed by atoms with Gasteiger partial charge in [-0.3, -0.25) is 14.2 Å². The molecular weight excluding hydrogens is 408 g/mol. The summed E-state index contributed by atoms with van der Waals surface area (Å²) in [6.07, 6.45) is 1.31. The number of hydrogen-bond acceptors (Lipinski definition) is 6. The third-order valence-electron chi connectivity index (χ3n) is 4.42. The molecule has 0 aliphatic rings. The van der Waals surface area contributed by atoms with Gasteiger partial charge in [-0.15, -0.1) is 5.10 Å². The van der Waals surface area contributed by atoms with Crippen LogP contribution in [-0.2, 0) is 17.9 Å². The van der Waals surface area contributed by atoms with E-state index in [0.717, 1.165) is 5.56 Å². The molecule has 30 heavy (non-hydrogen) atoms. The summed E-state index contributed by atoms with van der Waals surface area (Å²) < 4.78 is 7.93. The number of fused-ring (bicyclic) bond motifs is 1. The van der Waals surface area contributed by atoms with Crippen molar-refractivity contribution in [1.29, 1.82) is 0 Å². The molecule has 2 heterocycles. The van der Waals surface area contributed by atoms with Crippen LogP contribution in [0.1, 0.15) is 5.56 Å². The van der Waals surface area contributed by atoms with Crippen LogP contribution in [0.2, 0.25) is 5.02 Å². The molecule has 0 aliphatic heterocycles. The number of methoxy groups -OCH3 is 1. The first kappa shape index (κ1) is 19.6. The third-order valence-corrected chi connectivity index (χ3v) is 4.65. The summed E-state index contributed by atoms with van der Waals surface area (Å²) in [5.74, 6) is 0.0213. The van der Waals surface area contributed by atoms with Gasteiger partial charge in [0.15, 0.2) is 11.2 Å². The SMILES string of the molecule is COc1ccc(Cl)cc1NC(=O)Cn1cnc2c(nnn2Cc2ccccc2)c1=O. The zero-order valence-corrected chi connectivity index (χ0v) is 16.7. The molecule has 1 N–H and O–H groups in total. The van der Waals surface area contributed by atoms with Gasteiger partial charge in [-0.1, -0.05) is 47.1 Å². The van der Waals surface area contributed by atoms with Crippen molar-refractivity contribution in [2.45, 2.75) is 13.1 Å². The summed E-state index contributed by atoms with van der Waals surface area (Å²) in [6.45, 7) is 0.186. The van der Waals surface area contributed by atoms with Gasteiger partial charge in [0.1, 0.15) is 18.6 Å². The van der Waals surface area contributed by atoms with Crippen LogP contribution in [0.15, 0.2) is 59.7 Å². The number of benzene rings is 2. The third kappa shape index (κ3) is 4.01. The van der Waals surface area contributed by atoms with E-state index in [-0.39, 0.29) is 12.1 Å². The molecule has 152 valence electrons. The van der Waals surface area contributed by atoms with Gasteiger partial charge in [0.25, 0.3) is 5.56 Å². The average molecular weight is 425 g/mol. The second-order valence-corrected chi connectivity index (χ2v) is 6.91. The molecule has 2 aromatic heterocycles. The normalized spacial score (nSPS) is 10.9. The lowest BCUT2D eigenvalue weighted by Crippen LogP contribution is -2.28. The monoisotopic (exact) mass is 424 g/mol. The Balaban J connectivity index is 1.55. The maximum absolute atomic E-state index is 12.7. The molecule has 0 atom stereocenters. The smallest absolute Gasteiger partial charge is 0.283 e. The van der Waals surface area contributed by atoms with Crippen molar-refractivity contribution in [2.75, 3.05) is 12.4 Å². The Morgan fingerprint density at radius 1 is 1.20 bits per heavy atom. The molecular formula is C20H17ClN6O3. The number of ether oxygens (including phenoxy) is 1. The molecule has 0 bridgehead atoms. The van der Waals surface area contributed by atoms with Crippen LogP contribution in [0, 0.1) is 0 Å². The van der Waals surface area contributed by atoms with Crippen LogP contribution in [0.3, 0.4) is 0 Å². The van der Waals surface area contributed by atoms with E-state index in [1.807, 2.05) is 30.3 Å². The molecule has 0 radical (unpaired) electrons. The van der Waals surface area contributed by atoms with Crippen LogP contribution in [0.4, 0.5) is 5.69 Å². The summed E-state index contributed by atoms with van der Waals surface area (Å²) in [5.41, 5.74) is 1.42. The molecule has 0 saturated heterocycles. The van der Waals surface area contributed by atoms with E-state index in [4.69, 9.17) is 16.3 Å². The van der Waals surface area contributed by atoms with Gasteiger partial charge in [0.05, 0.1) is 19.3 Å². The molecule has 0 fully saturated rings. The summed E-state index contributed by atoms with van der Waals surface area (Å²) in [7, 11) is 1.49. The molecule has 10 heteroatoms. The number of rotatable bonds is 6. The van der Waals surface area contributed by atoms with Gasteiger partial charge >= 0.3 is 0 Å². The molecule has 0 unspecified atom stereocenters. The standard InChI is InChI=1S/C20H17ClN6O3/c1-30-16-8-7-14(21)9-15(16)23-17(28)11-26-12-22-19-18(20(26)29)24-25-27(19)10-13-5-3-2-4-6-13/h2-9,12H,10-11H2,1H3,(H,23,28). The number of hydrogen-bond donors (Lipinski definition) is 1. The van der Waals surface area contributed by atoms with Crippen molar-refractivity contribution in [1.82, 2.24) is 24.5 Å². The number of aromatic nitrogens is 5. The molecule has 1 amide bonds. The number of halogens is 1. The number of amides is 1. The van der Waals surface area contributed by atoms with Gasteiger partial charge in [-0.25, -0.2) is 9.67 Å². The van der Waals surface area contributed by atoms with E-state index in [0.29, 0.717) is 28.7 Å². The first-order chi connectivity index (χ1) is 14.5. The minimum absolute atomic E-state index is 0.0987. The van der Waals surface area contributed by atoms with Gasteiger partial charge in [-0.05, 0) is 23.8 Å². The highest BCUT2D eigenvalue weighted by molar-refractivity contribution is 6.31. The fraction of sp³-hybridized carbons (Fsp3) is 0.150. The molecule has 0 spiro atoms. The Morgan fingerprint density at radius 2 is 2.00 bits per heavy atom. The van der Waals surface area contributed by atoms with Gasteiger partial charge in [0.2, 0.25) is 5.91 Å². The number of carbonyl (C=O) groups is 1. The Bertz CT molecular complexity index is 1270. The second-order valence-electron chi connectivity index (χ2n) is 6.48. The van der Waals surface area contributed by atoms with Crippen molar-refractivity contribution in [3.63, 3.8) is 0 Å². The Morgan fingerprint density at radius 3 is 2.77 bits per heavy atom. The molecule has 4 rings (SSSR count). The maximum Gasteiger partial charge on any atom is 0.283 e.